The number of carbonyl (C=O) groups is 1. The zero-order chi connectivity index (χ0) is 13.8. The van der Waals surface area contributed by atoms with E-state index in [4.69, 9.17) is 4.74 Å². The normalized spacial score (nSPS) is 56.9. The molecule has 0 radical (unpaired) electrons. The summed E-state index contributed by atoms with van der Waals surface area (Å²) in [5.41, 5.74) is -1.40. The van der Waals surface area contributed by atoms with Crippen LogP contribution in [0.2, 0.25) is 0 Å². The molecule has 2 saturated carbocycles. The van der Waals surface area contributed by atoms with E-state index in [0.29, 0.717) is 0 Å². The first kappa shape index (κ1) is 11.9. The fourth-order valence-electron chi connectivity index (χ4n) is 5.21. The van der Waals surface area contributed by atoms with Gasteiger partial charge in [-0.1, -0.05) is 20.8 Å². The van der Waals surface area contributed by atoms with E-state index in [1.54, 1.807) is 6.08 Å². The van der Waals surface area contributed by atoms with E-state index < -0.39 is 17.1 Å². The van der Waals surface area contributed by atoms with E-state index >= 15 is 0 Å². The van der Waals surface area contributed by atoms with Crippen LogP contribution in [0.25, 0.3) is 0 Å². The highest BCUT2D eigenvalue weighted by Gasteiger charge is 2.83. The first-order valence-corrected chi connectivity index (χ1v) is 6.98. The monoisotopic (exact) mass is 264 g/mol. The Bertz CT molecular complexity index is 536. The molecule has 5 atom stereocenters. The van der Waals surface area contributed by atoms with Crippen LogP contribution in [0.15, 0.2) is 11.6 Å². The van der Waals surface area contributed by atoms with Crippen LogP contribution >= 0.6 is 0 Å². The van der Waals surface area contributed by atoms with Crippen molar-refractivity contribution in [1.82, 2.24) is 0 Å². The maximum absolute atomic E-state index is 12.1. The Morgan fingerprint density at radius 1 is 1.37 bits per heavy atom. The number of fused-ring (bicyclic) bond motifs is 2. The summed E-state index contributed by atoms with van der Waals surface area (Å²) in [5, 5.41) is 21.5. The fraction of sp³-hybridized carbons (Fsp3) is 0.800. The van der Waals surface area contributed by atoms with Crippen molar-refractivity contribution in [2.45, 2.75) is 45.3 Å². The lowest BCUT2D eigenvalue weighted by atomic mass is 9.67. The Kier molecular flexibility index (Phi) is 1.74. The number of hydrogen-bond acceptors (Lipinski definition) is 4. The van der Waals surface area contributed by atoms with Gasteiger partial charge in [0.25, 0.3) is 0 Å². The second-order valence-electron chi connectivity index (χ2n) is 7.78. The predicted molar refractivity (Wildman–Crippen MR) is 67.0 cm³/mol. The molecular formula is C15H20O4. The van der Waals surface area contributed by atoms with Crippen molar-refractivity contribution in [3.63, 3.8) is 0 Å². The molecule has 4 heteroatoms. The molecule has 1 aliphatic heterocycles. The molecule has 0 bridgehead atoms. The van der Waals surface area contributed by atoms with Crippen molar-refractivity contribution in [2.75, 3.05) is 6.61 Å². The first-order valence-electron chi connectivity index (χ1n) is 6.98. The van der Waals surface area contributed by atoms with E-state index in [1.165, 1.54) is 0 Å². The second kappa shape index (κ2) is 2.77. The molecule has 2 N–H and O–H groups in total. The van der Waals surface area contributed by atoms with Gasteiger partial charge in [-0.05, 0) is 35.3 Å². The van der Waals surface area contributed by atoms with Crippen LogP contribution in [0, 0.1) is 22.2 Å². The summed E-state index contributed by atoms with van der Waals surface area (Å²) in [5.74, 6) is -0.207. The first-order chi connectivity index (χ1) is 8.68. The van der Waals surface area contributed by atoms with E-state index in [1.807, 2.05) is 13.8 Å². The molecule has 19 heavy (non-hydrogen) atoms. The van der Waals surface area contributed by atoms with Gasteiger partial charge >= 0.3 is 5.97 Å². The van der Waals surface area contributed by atoms with Crippen LogP contribution < -0.4 is 0 Å². The van der Waals surface area contributed by atoms with Crippen LogP contribution in [0.4, 0.5) is 0 Å². The van der Waals surface area contributed by atoms with Crippen molar-refractivity contribution < 1.29 is 19.7 Å². The second-order valence-corrected chi connectivity index (χ2v) is 7.78. The Labute approximate surface area is 112 Å². The van der Waals surface area contributed by atoms with E-state index in [2.05, 4.69) is 6.92 Å². The number of carbonyl (C=O) groups excluding carboxylic acids is 1. The van der Waals surface area contributed by atoms with Crippen molar-refractivity contribution in [3.05, 3.63) is 11.6 Å². The molecule has 0 aromatic heterocycles. The summed E-state index contributed by atoms with van der Waals surface area (Å²) in [6.07, 6.45) is 2.44. The summed E-state index contributed by atoms with van der Waals surface area (Å²) in [7, 11) is 0. The third-order valence-electron chi connectivity index (χ3n) is 6.38. The van der Waals surface area contributed by atoms with Crippen LogP contribution in [-0.4, -0.2) is 34.5 Å². The van der Waals surface area contributed by atoms with Gasteiger partial charge in [-0.2, -0.15) is 0 Å². The topological polar surface area (TPSA) is 66.8 Å². The Balaban J connectivity index is 1.92. The average molecular weight is 264 g/mol. The Morgan fingerprint density at radius 3 is 2.74 bits per heavy atom. The maximum Gasteiger partial charge on any atom is 0.317 e. The zero-order valence-corrected chi connectivity index (χ0v) is 11.6. The highest BCUT2D eigenvalue weighted by molar-refractivity contribution is 5.90. The van der Waals surface area contributed by atoms with Crippen molar-refractivity contribution >= 4 is 5.97 Å². The van der Waals surface area contributed by atoms with Crippen LogP contribution in [0.3, 0.4) is 0 Å². The third-order valence-corrected chi connectivity index (χ3v) is 6.38. The number of hydrogen-bond donors (Lipinski definition) is 2. The van der Waals surface area contributed by atoms with Crippen molar-refractivity contribution in [1.29, 1.82) is 0 Å². The van der Waals surface area contributed by atoms with E-state index in [0.717, 1.165) is 18.4 Å². The van der Waals surface area contributed by atoms with Gasteiger partial charge in [0.1, 0.15) is 12.2 Å². The van der Waals surface area contributed by atoms with Crippen LogP contribution in [0.1, 0.15) is 33.6 Å². The average Bonchev–Trinajstić information content (AvgIpc) is 2.81. The van der Waals surface area contributed by atoms with E-state index in [-0.39, 0.29) is 29.3 Å². The van der Waals surface area contributed by atoms with Crippen molar-refractivity contribution in [3.8, 4) is 0 Å². The van der Waals surface area contributed by atoms with Crippen LogP contribution in [0.5, 0.6) is 0 Å². The van der Waals surface area contributed by atoms with Crippen LogP contribution in [-0.2, 0) is 9.53 Å². The molecule has 4 aliphatic rings. The molecule has 104 valence electrons. The minimum absolute atomic E-state index is 0.0700. The molecule has 1 heterocycles. The van der Waals surface area contributed by atoms with Gasteiger partial charge < -0.3 is 14.9 Å². The Hall–Kier alpha value is -0.870. The fourth-order valence-corrected chi connectivity index (χ4v) is 5.21. The minimum atomic E-state index is -1.21. The molecule has 0 aromatic carbocycles. The number of aliphatic hydroxyl groups excluding tert-OH is 1. The molecule has 0 unspecified atom stereocenters. The highest BCUT2D eigenvalue weighted by atomic mass is 16.5. The maximum atomic E-state index is 12.1. The third kappa shape index (κ3) is 0.984. The van der Waals surface area contributed by atoms with Crippen molar-refractivity contribution in [2.24, 2.45) is 22.2 Å². The number of rotatable bonds is 0. The predicted octanol–water partition coefficient (Wildman–Crippen LogP) is 1.02. The lowest BCUT2D eigenvalue weighted by molar-refractivity contribution is -0.145. The Morgan fingerprint density at radius 2 is 2.05 bits per heavy atom. The van der Waals surface area contributed by atoms with Gasteiger partial charge in [0.15, 0.2) is 0 Å². The van der Waals surface area contributed by atoms with Gasteiger partial charge in [-0.25, -0.2) is 0 Å². The molecule has 0 aromatic rings. The molecule has 3 fully saturated rings. The molecule has 4 rings (SSSR count). The number of esters is 1. The number of aliphatic hydroxyl groups is 2. The molecule has 3 aliphatic carbocycles. The largest absolute Gasteiger partial charge is 0.460 e. The SMILES string of the molecule is CC1(C)C[C@H]2[C@](O)(C=C3COC(=O)[C@]34C[C@]24C)[C@H]1O. The van der Waals surface area contributed by atoms with Gasteiger partial charge in [0.05, 0.1) is 11.5 Å². The molecule has 1 saturated heterocycles. The smallest absolute Gasteiger partial charge is 0.317 e. The molecule has 1 spiro atoms. The quantitative estimate of drug-likeness (QED) is 0.506. The molecular weight excluding hydrogens is 244 g/mol. The molecule has 4 nitrogen and oxygen atoms in total. The van der Waals surface area contributed by atoms with Gasteiger partial charge in [-0.3, -0.25) is 4.79 Å². The lowest BCUT2D eigenvalue weighted by Gasteiger charge is -2.40. The minimum Gasteiger partial charge on any atom is -0.460 e. The summed E-state index contributed by atoms with van der Waals surface area (Å²) in [6, 6.07) is 0. The van der Waals surface area contributed by atoms with Gasteiger partial charge in [-0.15, -0.1) is 0 Å². The summed E-state index contributed by atoms with van der Waals surface area (Å²) >= 11 is 0. The number of ether oxygens (including phenoxy) is 1. The van der Waals surface area contributed by atoms with E-state index in [9.17, 15) is 15.0 Å². The number of cyclic esters (lactones) is 1. The summed E-state index contributed by atoms with van der Waals surface area (Å²) in [4.78, 5) is 12.1. The zero-order valence-electron chi connectivity index (χ0n) is 11.6. The van der Waals surface area contributed by atoms with Gasteiger partial charge in [0.2, 0.25) is 0 Å². The lowest BCUT2D eigenvalue weighted by Crippen LogP contribution is -2.50. The van der Waals surface area contributed by atoms with Gasteiger partial charge in [0, 0.05) is 5.92 Å². The highest BCUT2D eigenvalue weighted by Crippen LogP contribution is 2.80. The summed E-state index contributed by atoms with van der Waals surface area (Å²) in [6.45, 7) is 6.31. The standard InChI is InChI=1S/C15H20O4/c1-12(2)5-9-13(3)7-14(13)8(6-19-11(14)17)4-15(9,18)10(12)16/h4,9-10,16,18H,5-7H2,1-3H3/t9-,10+,13-,14+,15-/m1/s1. The molecule has 0 amide bonds. The summed E-state index contributed by atoms with van der Waals surface area (Å²) < 4.78 is 5.21.